The fourth-order valence-electron chi connectivity index (χ4n) is 4.05. The molecule has 4 rings (SSSR count). The normalized spacial score (nSPS) is 14.8. The van der Waals surface area contributed by atoms with E-state index >= 15 is 0 Å². The van der Waals surface area contributed by atoms with Gasteiger partial charge in [-0.2, -0.15) is 0 Å². The van der Waals surface area contributed by atoms with Gasteiger partial charge >= 0.3 is 0 Å². The first-order valence-corrected chi connectivity index (χ1v) is 11.8. The zero-order valence-electron chi connectivity index (χ0n) is 18.2. The molecule has 3 aromatic rings. The number of benzene rings is 1. The van der Waals surface area contributed by atoms with E-state index in [1.165, 1.54) is 11.3 Å². The zero-order chi connectivity index (χ0) is 22.3. The van der Waals surface area contributed by atoms with Crippen LogP contribution < -0.4 is 5.32 Å². The first kappa shape index (κ1) is 22.2. The molecular formula is C25H28N4O2S. The van der Waals surface area contributed by atoms with Gasteiger partial charge in [0, 0.05) is 62.3 Å². The summed E-state index contributed by atoms with van der Waals surface area (Å²) < 4.78 is 0. The Balaban J connectivity index is 1.29. The standard InChI is InChI=1S/C25H28N4O2S/c1-28(22-11-15-29(16-12-22)14-10-20-7-2-3-13-26-20)25(31)19-6-4-8-21(18-19)27-24(30)23-9-5-17-32-23/h2-9,13,17-18,22H,10-12,14-16H2,1H3,(H,27,30). The second-order valence-electron chi connectivity index (χ2n) is 8.07. The summed E-state index contributed by atoms with van der Waals surface area (Å²) in [6.07, 6.45) is 4.70. The number of likely N-dealkylation sites (tertiary alicyclic amines) is 1. The van der Waals surface area contributed by atoms with Gasteiger partial charge in [-0.05, 0) is 54.6 Å². The SMILES string of the molecule is CN(C(=O)c1cccc(NC(=O)c2cccs2)c1)C1CCN(CCc2ccccn2)CC1. The Hall–Kier alpha value is -3.03. The second kappa shape index (κ2) is 10.5. The number of anilines is 1. The van der Waals surface area contributed by atoms with Crippen molar-refractivity contribution in [3.63, 3.8) is 0 Å². The van der Waals surface area contributed by atoms with Gasteiger partial charge < -0.3 is 15.1 Å². The molecule has 1 aliphatic rings. The highest BCUT2D eigenvalue weighted by molar-refractivity contribution is 7.12. The molecule has 0 atom stereocenters. The molecule has 32 heavy (non-hydrogen) atoms. The zero-order valence-corrected chi connectivity index (χ0v) is 19.1. The average molecular weight is 449 g/mol. The number of hydrogen-bond donors (Lipinski definition) is 1. The van der Waals surface area contributed by atoms with Crippen LogP contribution in [0.2, 0.25) is 0 Å². The molecule has 2 aromatic heterocycles. The Labute approximate surface area is 192 Å². The van der Waals surface area contributed by atoms with Crippen LogP contribution in [0, 0.1) is 0 Å². The van der Waals surface area contributed by atoms with Crippen molar-refractivity contribution >= 4 is 28.8 Å². The second-order valence-corrected chi connectivity index (χ2v) is 9.02. The molecule has 2 amide bonds. The third kappa shape index (κ3) is 5.60. The van der Waals surface area contributed by atoms with E-state index in [1.54, 1.807) is 12.1 Å². The minimum Gasteiger partial charge on any atom is -0.339 e. The van der Waals surface area contributed by atoms with Crippen molar-refractivity contribution in [1.29, 1.82) is 0 Å². The molecule has 0 bridgehead atoms. The van der Waals surface area contributed by atoms with Gasteiger partial charge in [0.05, 0.1) is 4.88 Å². The highest BCUT2D eigenvalue weighted by Gasteiger charge is 2.26. The molecule has 0 spiro atoms. The Kier molecular flexibility index (Phi) is 7.29. The molecule has 0 aliphatic carbocycles. The molecule has 0 saturated carbocycles. The maximum Gasteiger partial charge on any atom is 0.265 e. The summed E-state index contributed by atoms with van der Waals surface area (Å²) in [5.74, 6) is -0.166. The monoisotopic (exact) mass is 448 g/mol. The summed E-state index contributed by atoms with van der Waals surface area (Å²) in [6.45, 7) is 2.95. The average Bonchev–Trinajstić information content (AvgIpc) is 3.38. The summed E-state index contributed by atoms with van der Waals surface area (Å²) in [5.41, 5.74) is 2.34. The third-order valence-corrected chi connectivity index (χ3v) is 6.82. The van der Waals surface area contributed by atoms with Crippen LogP contribution in [-0.2, 0) is 6.42 Å². The first-order chi connectivity index (χ1) is 15.6. The lowest BCUT2D eigenvalue weighted by Crippen LogP contribution is -2.46. The molecular weight excluding hydrogens is 420 g/mol. The summed E-state index contributed by atoms with van der Waals surface area (Å²) >= 11 is 1.39. The van der Waals surface area contributed by atoms with Crippen LogP contribution in [0.1, 0.15) is 38.6 Å². The van der Waals surface area contributed by atoms with E-state index in [9.17, 15) is 9.59 Å². The Morgan fingerprint density at radius 3 is 2.69 bits per heavy atom. The summed E-state index contributed by atoms with van der Waals surface area (Å²) in [7, 11) is 1.88. The number of nitrogens with zero attached hydrogens (tertiary/aromatic N) is 3. The van der Waals surface area contributed by atoms with E-state index in [4.69, 9.17) is 0 Å². The molecule has 1 aromatic carbocycles. The summed E-state index contributed by atoms with van der Waals surface area (Å²) in [6, 6.07) is 17.1. The fourth-order valence-corrected chi connectivity index (χ4v) is 4.67. The van der Waals surface area contributed by atoms with Gasteiger partial charge in [-0.3, -0.25) is 14.6 Å². The highest BCUT2D eigenvalue weighted by Crippen LogP contribution is 2.20. The number of nitrogens with one attached hydrogen (secondary N) is 1. The number of pyridine rings is 1. The van der Waals surface area contributed by atoms with Crippen molar-refractivity contribution < 1.29 is 9.59 Å². The topological polar surface area (TPSA) is 65.5 Å². The molecule has 166 valence electrons. The van der Waals surface area contributed by atoms with Crippen LogP contribution in [0.15, 0.2) is 66.2 Å². The summed E-state index contributed by atoms with van der Waals surface area (Å²) in [4.78, 5) is 34.8. The van der Waals surface area contributed by atoms with Crippen LogP contribution in [0.25, 0.3) is 0 Å². The van der Waals surface area contributed by atoms with Crippen molar-refractivity contribution in [2.24, 2.45) is 0 Å². The molecule has 0 unspecified atom stereocenters. The number of thiophene rings is 1. The van der Waals surface area contributed by atoms with E-state index in [-0.39, 0.29) is 17.9 Å². The van der Waals surface area contributed by atoms with Gasteiger partial charge in [0.15, 0.2) is 0 Å². The van der Waals surface area contributed by atoms with E-state index in [0.29, 0.717) is 16.1 Å². The Morgan fingerprint density at radius 1 is 1.12 bits per heavy atom. The Morgan fingerprint density at radius 2 is 1.97 bits per heavy atom. The quantitative estimate of drug-likeness (QED) is 0.589. The molecule has 7 heteroatoms. The van der Waals surface area contributed by atoms with Crippen LogP contribution >= 0.6 is 11.3 Å². The van der Waals surface area contributed by atoms with Crippen molar-refractivity contribution in [2.45, 2.75) is 25.3 Å². The van der Waals surface area contributed by atoms with Gasteiger partial charge in [-0.1, -0.05) is 18.2 Å². The van der Waals surface area contributed by atoms with Crippen molar-refractivity contribution in [1.82, 2.24) is 14.8 Å². The number of piperidine rings is 1. The Bertz CT molecular complexity index is 1030. The number of rotatable bonds is 7. The number of carbonyl (C=O) groups is 2. The molecule has 1 aliphatic heterocycles. The minimum atomic E-state index is -0.156. The number of aromatic nitrogens is 1. The number of amides is 2. The largest absolute Gasteiger partial charge is 0.339 e. The molecule has 0 radical (unpaired) electrons. The van der Waals surface area contributed by atoms with Gasteiger partial charge in [-0.15, -0.1) is 11.3 Å². The predicted octanol–water partition coefficient (Wildman–Crippen LogP) is 4.17. The number of carbonyl (C=O) groups excluding carboxylic acids is 2. The van der Waals surface area contributed by atoms with Crippen LogP contribution in [0.5, 0.6) is 0 Å². The number of hydrogen-bond acceptors (Lipinski definition) is 5. The molecule has 3 heterocycles. The van der Waals surface area contributed by atoms with Crippen molar-refractivity contribution in [3.05, 3.63) is 82.3 Å². The maximum absolute atomic E-state index is 13.1. The van der Waals surface area contributed by atoms with Crippen LogP contribution in [0.4, 0.5) is 5.69 Å². The molecule has 1 fully saturated rings. The van der Waals surface area contributed by atoms with Crippen molar-refractivity contribution in [3.8, 4) is 0 Å². The van der Waals surface area contributed by atoms with Crippen LogP contribution in [-0.4, -0.2) is 59.3 Å². The van der Waals surface area contributed by atoms with Gasteiger partial charge in [0.25, 0.3) is 11.8 Å². The predicted molar refractivity (Wildman–Crippen MR) is 128 cm³/mol. The molecule has 1 saturated heterocycles. The molecule has 6 nitrogen and oxygen atoms in total. The fraction of sp³-hybridized carbons (Fsp3) is 0.320. The van der Waals surface area contributed by atoms with E-state index in [0.717, 1.165) is 44.6 Å². The third-order valence-electron chi connectivity index (χ3n) is 5.95. The summed E-state index contributed by atoms with van der Waals surface area (Å²) in [5, 5.41) is 4.75. The first-order valence-electron chi connectivity index (χ1n) is 10.9. The van der Waals surface area contributed by atoms with Crippen molar-refractivity contribution in [2.75, 3.05) is 32.0 Å². The van der Waals surface area contributed by atoms with E-state index < -0.39 is 0 Å². The highest BCUT2D eigenvalue weighted by atomic mass is 32.1. The van der Waals surface area contributed by atoms with Gasteiger partial charge in [0.2, 0.25) is 0 Å². The maximum atomic E-state index is 13.1. The van der Waals surface area contributed by atoms with Crippen LogP contribution in [0.3, 0.4) is 0 Å². The lowest BCUT2D eigenvalue weighted by Gasteiger charge is -2.36. The van der Waals surface area contributed by atoms with E-state index in [2.05, 4.69) is 21.3 Å². The minimum absolute atomic E-state index is 0.0100. The lowest BCUT2D eigenvalue weighted by molar-refractivity contribution is 0.0643. The van der Waals surface area contributed by atoms with Gasteiger partial charge in [0.1, 0.15) is 0 Å². The smallest absolute Gasteiger partial charge is 0.265 e. The lowest BCUT2D eigenvalue weighted by atomic mass is 10.0. The van der Waals surface area contributed by atoms with Gasteiger partial charge in [-0.25, -0.2) is 0 Å². The van der Waals surface area contributed by atoms with E-state index in [1.807, 2.05) is 59.9 Å². The molecule has 1 N–H and O–H groups in total.